The van der Waals surface area contributed by atoms with Gasteiger partial charge < -0.3 is 10.2 Å². The third-order valence-electron chi connectivity index (χ3n) is 5.54. The Morgan fingerprint density at radius 1 is 0.826 bits per heavy atom. The second-order valence-corrected chi connectivity index (χ2v) is 9.33. The van der Waals surface area contributed by atoms with Crippen LogP contribution in [0.4, 0.5) is 4.79 Å². The minimum Gasteiger partial charge on any atom is -0.335 e. The van der Waals surface area contributed by atoms with Crippen LogP contribution in [0.2, 0.25) is 0 Å². The van der Waals surface area contributed by atoms with Crippen LogP contribution in [-0.2, 0) is 10.0 Å². The fourth-order valence-corrected chi connectivity index (χ4v) is 6.08. The van der Waals surface area contributed by atoms with Crippen molar-refractivity contribution in [3.05, 3.63) is 0 Å². The van der Waals surface area contributed by atoms with Crippen LogP contribution >= 0.6 is 0 Å². The number of amides is 2. The number of rotatable bonds is 3. The Hall–Kier alpha value is -0.820. The molecule has 3 fully saturated rings. The van der Waals surface area contributed by atoms with Crippen LogP contribution in [0.25, 0.3) is 0 Å². The second kappa shape index (κ2) is 7.38. The molecule has 0 atom stereocenters. The van der Waals surface area contributed by atoms with Crippen molar-refractivity contribution in [1.82, 2.24) is 14.5 Å². The van der Waals surface area contributed by atoms with Crippen LogP contribution in [0.1, 0.15) is 57.8 Å². The summed E-state index contributed by atoms with van der Waals surface area (Å²) in [7, 11) is -3.16. The van der Waals surface area contributed by atoms with E-state index in [0.717, 1.165) is 38.5 Å². The lowest BCUT2D eigenvalue weighted by molar-refractivity contribution is 0.166. The number of piperazine rings is 1. The normalized spacial score (nSPS) is 25.7. The van der Waals surface area contributed by atoms with Gasteiger partial charge in [0.1, 0.15) is 0 Å². The van der Waals surface area contributed by atoms with E-state index < -0.39 is 10.0 Å². The molecule has 3 aliphatic rings. The molecule has 0 unspecified atom stereocenters. The predicted molar refractivity (Wildman–Crippen MR) is 89.7 cm³/mol. The van der Waals surface area contributed by atoms with Crippen LogP contribution in [-0.4, -0.2) is 61.1 Å². The van der Waals surface area contributed by atoms with Crippen molar-refractivity contribution in [3.8, 4) is 0 Å². The molecule has 2 amide bonds. The summed E-state index contributed by atoms with van der Waals surface area (Å²) in [6.07, 6.45) is 9.43. The molecule has 0 aromatic rings. The van der Waals surface area contributed by atoms with Gasteiger partial charge in [-0.2, -0.15) is 4.31 Å². The fourth-order valence-electron chi connectivity index (χ4n) is 4.06. The minimum absolute atomic E-state index is 0.0187. The van der Waals surface area contributed by atoms with E-state index >= 15 is 0 Å². The second-order valence-electron chi connectivity index (χ2n) is 7.12. The Bertz CT molecular complexity index is 503. The van der Waals surface area contributed by atoms with E-state index in [1.165, 1.54) is 19.3 Å². The van der Waals surface area contributed by atoms with Crippen LogP contribution in [0.15, 0.2) is 0 Å². The zero-order chi connectivity index (χ0) is 16.3. The number of urea groups is 1. The van der Waals surface area contributed by atoms with Crippen LogP contribution in [0.5, 0.6) is 0 Å². The van der Waals surface area contributed by atoms with Gasteiger partial charge in [0, 0.05) is 32.2 Å². The summed E-state index contributed by atoms with van der Waals surface area (Å²) in [5.41, 5.74) is 0. The van der Waals surface area contributed by atoms with Gasteiger partial charge in [0.25, 0.3) is 0 Å². The summed E-state index contributed by atoms with van der Waals surface area (Å²) >= 11 is 0. The van der Waals surface area contributed by atoms with Crippen molar-refractivity contribution >= 4 is 16.1 Å². The smallest absolute Gasteiger partial charge is 0.317 e. The van der Waals surface area contributed by atoms with Crippen molar-refractivity contribution in [2.24, 2.45) is 0 Å². The van der Waals surface area contributed by atoms with E-state index in [1.807, 2.05) is 0 Å². The molecular weight excluding hydrogens is 314 g/mol. The van der Waals surface area contributed by atoms with Crippen LogP contribution in [0, 0.1) is 0 Å². The molecule has 0 aromatic heterocycles. The highest BCUT2D eigenvalue weighted by Crippen LogP contribution is 2.27. The van der Waals surface area contributed by atoms with Gasteiger partial charge in [-0.25, -0.2) is 13.2 Å². The average molecular weight is 343 g/mol. The summed E-state index contributed by atoms with van der Waals surface area (Å²) < 4.78 is 26.8. The first-order valence-electron chi connectivity index (χ1n) is 9.12. The van der Waals surface area contributed by atoms with Gasteiger partial charge in [-0.1, -0.05) is 32.1 Å². The monoisotopic (exact) mass is 343 g/mol. The van der Waals surface area contributed by atoms with Gasteiger partial charge in [-0.05, 0) is 25.7 Å². The highest BCUT2D eigenvalue weighted by molar-refractivity contribution is 7.89. The van der Waals surface area contributed by atoms with Crippen LogP contribution < -0.4 is 5.32 Å². The lowest BCUT2D eigenvalue weighted by Crippen LogP contribution is -2.55. The molecule has 1 N–H and O–H groups in total. The number of nitrogens with zero attached hydrogens (tertiary/aromatic N) is 2. The molecule has 0 spiro atoms. The number of sulfonamides is 1. The summed E-state index contributed by atoms with van der Waals surface area (Å²) in [6, 6.07) is 0.284. The molecule has 0 aromatic carbocycles. The molecule has 3 rings (SSSR count). The largest absolute Gasteiger partial charge is 0.335 e. The van der Waals surface area contributed by atoms with Gasteiger partial charge in [0.15, 0.2) is 0 Å². The zero-order valence-electron chi connectivity index (χ0n) is 13.9. The van der Waals surface area contributed by atoms with Crippen molar-refractivity contribution < 1.29 is 13.2 Å². The first kappa shape index (κ1) is 17.0. The fraction of sp³-hybridized carbons (Fsp3) is 0.938. The maximum Gasteiger partial charge on any atom is 0.317 e. The van der Waals surface area contributed by atoms with Crippen molar-refractivity contribution in [2.45, 2.75) is 69.1 Å². The maximum absolute atomic E-state index is 12.6. The highest BCUT2D eigenvalue weighted by atomic mass is 32.2. The molecule has 6 nitrogen and oxygen atoms in total. The number of carbonyl (C=O) groups is 1. The summed E-state index contributed by atoms with van der Waals surface area (Å²) in [4.78, 5) is 14.1. The first-order chi connectivity index (χ1) is 11.1. The molecule has 1 aliphatic heterocycles. The number of hydrogen-bond donors (Lipinski definition) is 1. The first-order valence-corrected chi connectivity index (χ1v) is 10.6. The van der Waals surface area contributed by atoms with Crippen molar-refractivity contribution in [1.29, 1.82) is 0 Å². The Labute approximate surface area is 139 Å². The molecule has 1 saturated heterocycles. The Kier molecular flexibility index (Phi) is 5.46. The highest BCUT2D eigenvalue weighted by Gasteiger charge is 2.36. The zero-order valence-corrected chi connectivity index (χ0v) is 14.7. The number of nitrogens with one attached hydrogen (secondary N) is 1. The maximum atomic E-state index is 12.6. The molecule has 1 heterocycles. The Morgan fingerprint density at radius 3 is 2.00 bits per heavy atom. The lowest BCUT2D eigenvalue weighted by atomic mass is 9.96. The topological polar surface area (TPSA) is 69.7 Å². The van der Waals surface area contributed by atoms with Gasteiger partial charge in [0.2, 0.25) is 10.0 Å². The van der Waals surface area contributed by atoms with E-state index in [0.29, 0.717) is 32.2 Å². The van der Waals surface area contributed by atoms with E-state index in [2.05, 4.69) is 5.32 Å². The minimum atomic E-state index is -3.16. The summed E-state index contributed by atoms with van der Waals surface area (Å²) in [5, 5.41) is 2.93. The van der Waals surface area contributed by atoms with E-state index in [1.54, 1.807) is 9.21 Å². The predicted octanol–water partition coefficient (Wildman–Crippen LogP) is 1.92. The molecule has 132 valence electrons. The third-order valence-corrected chi connectivity index (χ3v) is 7.94. The van der Waals surface area contributed by atoms with E-state index in [4.69, 9.17) is 0 Å². The van der Waals surface area contributed by atoms with E-state index in [9.17, 15) is 13.2 Å². The molecule has 2 saturated carbocycles. The van der Waals surface area contributed by atoms with E-state index in [-0.39, 0.29) is 11.3 Å². The molecule has 0 bridgehead atoms. The third kappa shape index (κ3) is 3.99. The average Bonchev–Trinajstić information content (AvgIpc) is 3.11. The number of carbonyl (C=O) groups excluding carboxylic acids is 1. The van der Waals surface area contributed by atoms with Crippen molar-refractivity contribution in [3.63, 3.8) is 0 Å². The van der Waals surface area contributed by atoms with Gasteiger partial charge in [-0.3, -0.25) is 0 Å². The number of hydrogen-bond acceptors (Lipinski definition) is 3. The molecule has 23 heavy (non-hydrogen) atoms. The molecule has 0 radical (unpaired) electrons. The van der Waals surface area contributed by atoms with Crippen LogP contribution in [0.3, 0.4) is 0 Å². The molecule has 7 heteroatoms. The van der Waals surface area contributed by atoms with Gasteiger partial charge in [0.05, 0.1) is 5.25 Å². The molecule has 2 aliphatic carbocycles. The Morgan fingerprint density at radius 2 is 1.39 bits per heavy atom. The standard InChI is InChI=1S/C16H29N3O3S/c20-16(17-14-6-2-1-3-7-14)18-10-12-19(13-11-18)23(21,22)15-8-4-5-9-15/h14-15H,1-13H2,(H,17,20). The van der Waals surface area contributed by atoms with Crippen molar-refractivity contribution in [2.75, 3.05) is 26.2 Å². The molecular formula is C16H29N3O3S. The lowest BCUT2D eigenvalue weighted by Gasteiger charge is -2.36. The van der Waals surface area contributed by atoms with Gasteiger partial charge in [-0.15, -0.1) is 0 Å². The summed E-state index contributed by atoms with van der Waals surface area (Å²) in [6.45, 7) is 1.89. The quantitative estimate of drug-likeness (QED) is 0.851. The SMILES string of the molecule is O=C(NC1CCCCC1)N1CCN(S(=O)(=O)C2CCCC2)CC1. The Balaban J connectivity index is 1.48. The van der Waals surface area contributed by atoms with Gasteiger partial charge >= 0.3 is 6.03 Å². The summed E-state index contributed by atoms with van der Waals surface area (Å²) in [5.74, 6) is 0.